The fourth-order valence-corrected chi connectivity index (χ4v) is 8.06. The van der Waals surface area contributed by atoms with Crippen LogP contribution in [-0.2, 0) is 33.1 Å². The molecule has 0 bridgehead atoms. The Bertz CT molecular complexity index is 1380. The van der Waals surface area contributed by atoms with Crippen LogP contribution in [0, 0.1) is 0 Å². The van der Waals surface area contributed by atoms with Gasteiger partial charge in [0.15, 0.2) is 0 Å². The summed E-state index contributed by atoms with van der Waals surface area (Å²) in [7, 11) is -7.75. The molecule has 4 rings (SSSR count). The van der Waals surface area contributed by atoms with E-state index in [-0.39, 0.29) is 28.9 Å². The van der Waals surface area contributed by atoms with Crippen molar-refractivity contribution < 1.29 is 26.0 Å². The minimum Gasteiger partial charge on any atom is -0.494 e. The van der Waals surface area contributed by atoms with Gasteiger partial charge in [0.25, 0.3) is 0 Å². The van der Waals surface area contributed by atoms with Crippen LogP contribution in [0.2, 0.25) is 0 Å². The number of benzene rings is 2. The standard InChI is InChI=1S/C28H36N2O6S2/c1-3-30(24-12-6-5-7-13-24)38(33,34)27-18-16-26(17-19-27)37(31,32)29(22-25-14-10-20-36-25)21-23-11-8-9-15-28(23)35-4-2/h8-11,14-20,24H,3-7,12-13,21-22H2,1-2H3. The quantitative estimate of drug-likeness (QED) is 0.294. The normalized spacial score (nSPS) is 15.3. The van der Waals surface area contributed by atoms with Crippen LogP contribution in [0.1, 0.15) is 57.3 Å². The van der Waals surface area contributed by atoms with Crippen molar-refractivity contribution in [1.82, 2.24) is 8.61 Å². The van der Waals surface area contributed by atoms with Gasteiger partial charge in [0.05, 0.1) is 29.2 Å². The first-order valence-electron chi connectivity index (χ1n) is 13.1. The average molecular weight is 561 g/mol. The van der Waals surface area contributed by atoms with Gasteiger partial charge in [0, 0.05) is 24.7 Å². The Morgan fingerprint density at radius 2 is 1.47 bits per heavy atom. The third kappa shape index (κ3) is 6.31. The predicted molar refractivity (Wildman–Crippen MR) is 146 cm³/mol. The van der Waals surface area contributed by atoms with Gasteiger partial charge in [-0.15, -0.1) is 0 Å². The van der Waals surface area contributed by atoms with Crippen molar-refractivity contribution in [2.24, 2.45) is 0 Å². The summed E-state index contributed by atoms with van der Waals surface area (Å²) < 4.78 is 68.6. The molecule has 1 aromatic heterocycles. The van der Waals surface area contributed by atoms with E-state index in [1.165, 1.54) is 34.8 Å². The Kier molecular flexibility index (Phi) is 9.30. The van der Waals surface area contributed by atoms with E-state index in [4.69, 9.17) is 9.15 Å². The molecule has 10 heteroatoms. The first-order chi connectivity index (χ1) is 18.3. The van der Waals surface area contributed by atoms with Gasteiger partial charge in [-0.05, 0) is 62.2 Å². The summed E-state index contributed by atoms with van der Waals surface area (Å²) in [5.41, 5.74) is 0.717. The lowest BCUT2D eigenvalue weighted by atomic mass is 9.95. The molecule has 1 saturated carbocycles. The van der Waals surface area contributed by atoms with Crippen molar-refractivity contribution in [3.05, 3.63) is 78.3 Å². The Balaban J connectivity index is 1.63. The monoisotopic (exact) mass is 560 g/mol. The molecular formula is C28H36N2O6S2. The van der Waals surface area contributed by atoms with E-state index < -0.39 is 20.0 Å². The molecule has 1 heterocycles. The van der Waals surface area contributed by atoms with Crippen molar-refractivity contribution in [2.45, 2.75) is 74.9 Å². The molecule has 2 aromatic carbocycles. The molecule has 1 aliphatic carbocycles. The molecule has 0 atom stereocenters. The summed E-state index contributed by atoms with van der Waals surface area (Å²) in [4.78, 5) is 0.112. The average Bonchev–Trinajstić information content (AvgIpc) is 3.44. The minimum atomic E-state index is -4.01. The van der Waals surface area contributed by atoms with Gasteiger partial charge in [-0.1, -0.05) is 44.4 Å². The third-order valence-corrected chi connectivity index (χ3v) is 10.7. The van der Waals surface area contributed by atoms with Gasteiger partial charge in [-0.3, -0.25) is 0 Å². The van der Waals surface area contributed by atoms with E-state index >= 15 is 0 Å². The zero-order valence-corrected chi connectivity index (χ0v) is 23.6. The van der Waals surface area contributed by atoms with Crippen LogP contribution in [0.15, 0.2) is 81.1 Å². The SMILES string of the molecule is CCOc1ccccc1CN(Cc1ccco1)S(=O)(=O)c1ccc(S(=O)(=O)N(CC)C2CCCCC2)cc1. The second kappa shape index (κ2) is 12.5. The lowest BCUT2D eigenvalue weighted by Crippen LogP contribution is -2.41. The van der Waals surface area contributed by atoms with Crippen LogP contribution in [0.25, 0.3) is 0 Å². The molecule has 8 nitrogen and oxygen atoms in total. The van der Waals surface area contributed by atoms with Gasteiger partial charge in [0.2, 0.25) is 20.0 Å². The molecule has 1 fully saturated rings. The molecule has 1 aliphatic rings. The summed E-state index contributed by atoms with van der Waals surface area (Å²) in [6.45, 7) is 4.62. The number of para-hydroxylation sites is 1. The van der Waals surface area contributed by atoms with Crippen LogP contribution in [-0.4, -0.2) is 44.6 Å². The first kappa shape index (κ1) is 28.4. The van der Waals surface area contributed by atoms with Gasteiger partial charge in [-0.2, -0.15) is 8.61 Å². The first-order valence-corrected chi connectivity index (χ1v) is 16.0. The van der Waals surface area contributed by atoms with Crippen molar-refractivity contribution in [2.75, 3.05) is 13.2 Å². The lowest BCUT2D eigenvalue weighted by Gasteiger charge is -2.32. The van der Waals surface area contributed by atoms with Crippen molar-refractivity contribution in [3.63, 3.8) is 0 Å². The van der Waals surface area contributed by atoms with Crippen LogP contribution < -0.4 is 4.74 Å². The van der Waals surface area contributed by atoms with Crippen molar-refractivity contribution in [1.29, 1.82) is 0 Å². The van der Waals surface area contributed by atoms with Crippen molar-refractivity contribution in [3.8, 4) is 5.75 Å². The number of ether oxygens (including phenoxy) is 1. The maximum atomic E-state index is 13.8. The molecule has 3 aromatic rings. The number of hydrogen-bond acceptors (Lipinski definition) is 6. The largest absolute Gasteiger partial charge is 0.494 e. The van der Waals surface area contributed by atoms with Gasteiger partial charge < -0.3 is 9.15 Å². The maximum absolute atomic E-state index is 13.8. The summed E-state index contributed by atoms with van der Waals surface area (Å²) >= 11 is 0. The Labute approximate surface area is 226 Å². The van der Waals surface area contributed by atoms with Crippen LogP contribution in [0.4, 0.5) is 0 Å². The highest BCUT2D eigenvalue weighted by Gasteiger charge is 2.32. The summed E-state index contributed by atoms with van der Waals surface area (Å²) in [6.07, 6.45) is 6.37. The molecule has 0 radical (unpaired) electrons. The fraction of sp³-hybridized carbons (Fsp3) is 0.429. The van der Waals surface area contributed by atoms with E-state index in [0.717, 1.165) is 37.7 Å². The predicted octanol–water partition coefficient (Wildman–Crippen LogP) is 5.41. The van der Waals surface area contributed by atoms with Gasteiger partial charge in [0.1, 0.15) is 11.5 Å². The van der Waals surface area contributed by atoms with E-state index in [2.05, 4.69) is 0 Å². The highest BCUT2D eigenvalue weighted by molar-refractivity contribution is 7.89. The number of hydrogen-bond donors (Lipinski definition) is 0. The van der Waals surface area contributed by atoms with Gasteiger partial charge in [-0.25, -0.2) is 16.8 Å². The molecular weight excluding hydrogens is 524 g/mol. The zero-order chi connectivity index (χ0) is 27.2. The second-order valence-electron chi connectivity index (χ2n) is 9.36. The van der Waals surface area contributed by atoms with E-state index in [1.54, 1.807) is 16.4 Å². The van der Waals surface area contributed by atoms with Crippen LogP contribution in [0.5, 0.6) is 5.75 Å². The Hall–Kier alpha value is -2.66. The fourth-order valence-electron chi connectivity index (χ4n) is 4.98. The molecule has 206 valence electrons. The van der Waals surface area contributed by atoms with E-state index in [9.17, 15) is 16.8 Å². The molecule has 0 saturated heterocycles. The molecule has 0 aliphatic heterocycles. The molecule has 0 N–H and O–H groups in total. The number of nitrogens with zero attached hydrogens (tertiary/aromatic N) is 2. The van der Waals surface area contributed by atoms with E-state index in [1.807, 2.05) is 38.1 Å². The van der Waals surface area contributed by atoms with E-state index in [0.29, 0.717) is 24.7 Å². The Morgan fingerprint density at radius 1 is 0.816 bits per heavy atom. The lowest BCUT2D eigenvalue weighted by molar-refractivity contribution is 0.261. The number of rotatable bonds is 12. The smallest absolute Gasteiger partial charge is 0.243 e. The maximum Gasteiger partial charge on any atom is 0.243 e. The van der Waals surface area contributed by atoms with Crippen LogP contribution >= 0.6 is 0 Å². The summed E-state index contributed by atoms with van der Waals surface area (Å²) in [6, 6.07) is 16.3. The second-order valence-corrected chi connectivity index (χ2v) is 13.2. The summed E-state index contributed by atoms with van der Waals surface area (Å²) in [5.74, 6) is 1.10. The molecule has 38 heavy (non-hydrogen) atoms. The highest BCUT2D eigenvalue weighted by atomic mass is 32.2. The highest BCUT2D eigenvalue weighted by Crippen LogP contribution is 2.30. The summed E-state index contributed by atoms with van der Waals surface area (Å²) in [5, 5.41) is 0. The minimum absolute atomic E-state index is 0.0117. The van der Waals surface area contributed by atoms with Crippen LogP contribution in [0.3, 0.4) is 0 Å². The molecule has 0 amide bonds. The van der Waals surface area contributed by atoms with Gasteiger partial charge >= 0.3 is 0 Å². The Morgan fingerprint density at radius 3 is 2.08 bits per heavy atom. The number of furan rings is 1. The zero-order valence-electron chi connectivity index (χ0n) is 22.0. The topological polar surface area (TPSA) is 97.1 Å². The third-order valence-electron chi connectivity index (χ3n) is 6.89. The molecule has 0 unspecified atom stereocenters. The molecule has 0 spiro atoms. The van der Waals surface area contributed by atoms with Crippen molar-refractivity contribution >= 4 is 20.0 Å². The number of sulfonamides is 2.